The van der Waals surface area contributed by atoms with Gasteiger partial charge in [0.05, 0.1) is 35.4 Å². The number of ether oxygens (including phenoxy) is 1. The largest absolute Gasteiger partial charge is 0.494 e. The molecule has 0 aliphatic heterocycles. The van der Waals surface area contributed by atoms with Crippen molar-refractivity contribution < 1.29 is 18.7 Å². The molecule has 0 atom stereocenters. The minimum atomic E-state index is -0.383. The Morgan fingerprint density at radius 1 is 1.04 bits per heavy atom. The molecule has 0 bridgehead atoms. The molecule has 0 aliphatic carbocycles. The van der Waals surface area contributed by atoms with E-state index in [2.05, 4.69) is 32.4 Å². The molecule has 0 aliphatic rings. The molecular weight excluding hydrogens is 611 g/mol. The minimum absolute atomic E-state index is 0.194. The van der Waals surface area contributed by atoms with Crippen molar-refractivity contribution in [1.82, 2.24) is 24.8 Å². The molecule has 12 heteroatoms. The molecule has 5 rings (SSSR count). The first-order valence-electron chi connectivity index (χ1n) is 15.3. The molecule has 2 heterocycles. The molecule has 48 heavy (non-hydrogen) atoms. The summed E-state index contributed by atoms with van der Waals surface area (Å²) in [7, 11) is 9.42. The van der Waals surface area contributed by atoms with Crippen molar-refractivity contribution in [3.63, 3.8) is 0 Å². The second kappa shape index (κ2) is 14.8. The molecule has 0 fully saturated rings. The van der Waals surface area contributed by atoms with Gasteiger partial charge in [0.25, 0.3) is 5.91 Å². The molecule has 0 radical (unpaired) electrons. The SMILES string of the molecule is C=CC(=O)Nc1cc(Nc2ncc(C(=O)NCc3ccc(F)cc3)c(-c3cn(C)c4ccccc34)n2)c(OC)cc1N(C)CCN(C)C. The van der Waals surface area contributed by atoms with Crippen LogP contribution in [-0.2, 0) is 18.4 Å². The fourth-order valence-corrected chi connectivity index (χ4v) is 5.25. The van der Waals surface area contributed by atoms with E-state index in [9.17, 15) is 14.0 Å². The number of rotatable bonds is 13. The van der Waals surface area contributed by atoms with Gasteiger partial charge in [-0.3, -0.25) is 9.59 Å². The number of amides is 2. The number of aryl methyl sites for hydroxylation is 1. The Hall–Kier alpha value is -5.75. The monoisotopic (exact) mass is 650 g/mol. The first-order chi connectivity index (χ1) is 23.1. The molecule has 5 aromatic rings. The first-order valence-corrected chi connectivity index (χ1v) is 15.3. The van der Waals surface area contributed by atoms with Crippen molar-refractivity contribution >= 4 is 45.7 Å². The summed E-state index contributed by atoms with van der Waals surface area (Å²) in [6, 6.07) is 17.4. The standard InChI is InChI=1S/C36H39FN8O3/c1-7-33(46)40-28-18-29(32(48-6)19-31(28)44(4)17-16-43(2)3)41-36-39-21-26(35(47)38-20-23-12-14-24(37)15-13-23)34(42-36)27-22-45(5)30-11-9-8-10-25(27)30/h7-15,18-19,21-22H,1,16-17,20H2,2-6H3,(H,38,47)(H,40,46)(H,39,41,42). The third-order valence-corrected chi connectivity index (χ3v) is 7.85. The van der Waals surface area contributed by atoms with Crippen LogP contribution in [0.25, 0.3) is 22.2 Å². The van der Waals surface area contributed by atoms with Gasteiger partial charge in [0.15, 0.2) is 0 Å². The number of likely N-dealkylation sites (N-methyl/N-ethyl adjacent to an activating group) is 2. The Kier molecular flexibility index (Phi) is 10.3. The molecule has 3 aromatic carbocycles. The van der Waals surface area contributed by atoms with Crippen LogP contribution in [0.4, 0.5) is 27.4 Å². The van der Waals surface area contributed by atoms with Crippen molar-refractivity contribution in [2.24, 2.45) is 7.05 Å². The summed E-state index contributed by atoms with van der Waals surface area (Å²) in [5.74, 6) is -0.391. The number of methoxy groups -OCH3 is 1. The smallest absolute Gasteiger partial charge is 0.255 e. The summed E-state index contributed by atoms with van der Waals surface area (Å²) in [4.78, 5) is 39.5. The highest BCUT2D eigenvalue weighted by molar-refractivity contribution is 6.05. The van der Waals surface area contributed by atoms with Gasteiger partial charge in [0, 0.05) is 68.7 Å². The lowest BCUT2D eigenvalue weighted by atomic mass is 10.1. The molecule has 3 N–H and O–H groups in total. The first kappa shape index (κ1) is 33.6. The molecule has 0 spiro atoms. The number of aromatic nitrogens is 3. The van der Waals surface area contributed by atoms with E-state index < -0.39 is 0 Å². The van der Waals surface area contributed by atoms with Gasteiger partial charge < -0.3 is 35.1 Å². The van der Waals surface area contributed by atoms with Crippen LogP contribution < -0.4 is 25.6 Å². The number of carbonyl (C=O) groups excluding carboxylic acids is 2. The maximum Gasteiger partial charge on any atom is 0.255 e. The zero-order valence-corrected chi connectivity index (χ0v) is 27.7. The van der Waals surface area contributed by atoms with Crippen molar-refractivity contribution in [2.75, 3.05) is 56.9 Å². The summed E-state index contributed by atoms with van der Waals surface area (Å²) in [5.41, 5.74) is 4.93. The highest BCUT2D eigenvalue weighted by atomic mass is 19.1. The van der Waals surface area contributed by atoms with Crippen molar-refractivity contribution in [1.29, 1.82) is 0 Å². The molecule has 0 unspecified atom stereocenters. The van der Waals surface area contributed by atoms with E-state index in [1.165, 1.54) is 24.4 Å². The van der Waals surface area contributed by atoms with Gasteiger partial charge in [-0.05, 0) is 50.0 Å². The quantitative estimate of drug-likeness (QED) is 0.142. The minimum Gasteiger partial charge on any atom is -0.494 e. The Labute approximate surface area is 279 Å². The van der Waals surface area contributed by atoms with E-state index in [-0.39, 0.29) is 35.7 Å². The van der Waals surface area contributed by atoms with Crippen LogP contribution in [0, 0.1) is 5.82 Å². The third kappa shape index (κ3) is 7.61. The molecule has 2 amide bonds. The predicted octanol–water partition coefficient (Wildman–Crippen LogP) is 5.58. The van der Waals surface area contributed by atoms with Crippen LogP contribution in [-0.4, -0.2) is 72.6 Å². The topological polar surface area (TPSA) is 117 Å². The van der Waals surface area contributed by atoms with Crippen LogP contribution in [0.2, 0.25) is 0 Å². The summed E-state index contributed by atoms with van der Waals surface area (Å²) >= 11 is 0. The fourth-order valence-electron chi connectivity index (χ4n) is 5.25. The van der Waals surface area contributed by atoms with E-state index in [1.54, 1.807) is 25.3 Å². The van der Waals surface area contributed by atoms with Crippen molar-refractivity contribution in [3.05, 3.63) is 103 Å². The molecular formula is C36H39FN8O3. The van der Waals surface area contributed by atoms with Crippen LogP contribution in [0.1, 0.15) is 15.9 Å². The summed E-state index contributed by atoms with van der Waals surface area (Å²) in [5, 5.41) is 9.96. The van der Waals surface area contributed by atoms with E-state index in [1.807, 2.05) is 74.2 Å². The fraction of sp³-hybridized carbons (Fsp3) is 0.222. The van der Waals surface area contributed by atoms with E-state index in [4.69, 9.17) is 9.72 Å². The number of fused-ring (bicyclic) bond motifs is 1. The molecule has 11 nitrogen and oxygen atoms in total. The van der Waals surface area contributed by atoms with Crippen molar-refractivity contribution in [2.45, 2.75) is 6.54 Å². The van der Waals surface area contributed by atoms with Gasteiger partial charge in [-0.2, -0.15) is 0 Å². The third-order valence-electron chi connectivity index (χ3n) is 7.85. The summed E-state index contributed by atoms with van der Waals surface area (Å²) < 4.78 is 21.2. The number of halogens is 1. The highest BCUT2D eigenvalue weighted by Crippen LogP contribution is 2.38. The van der Waals surface area contributed by atoms with Crippen LogP contribution in [0.3, 0.4) is 0 Å². The zero-order valence-electron chi connectivity index (χ0n) is 27.7. The number of benzene rings is 3. The van der Waals surface area contributed by atoms with Gasteiger partial charge in [-0.25, -0.2) is 14.4 Å². The lowest BCUT2D eigenvalue weighted by Crippen LogP contribution is -2.29. The van der Waals surface area contributed by atoms with Gasteiger partial charge in [0.1, 0.15) is 11.6 Å². The molecule has 0 saturated heterocycles. The Morgan fingerprint density at radius 3 is 2.50 bits per heavy atom. The van der Waals surface area contributed by atoms with Gasteiger partial charge >= 0.3 is 0 Å². The highest BCUT2D eigenvalue weighted by Gasteiger charge is 2.22. The number of anilines is 4. The average molecular weight is 651 g/mol. The zero-order chi connectivity index (χ0) is 34.4. The van der Waals surface area contributed by atoms with Crippen molar-refractivity contribution in [3.8, 4) is 17.0 Å². The van der Waals surface area contributed by atoms with E-state index >= 15 is 0 Å². The summed E-state index contributed by atoms with van der Waals surface area (Å²) in [6.07, 6.45) is 4.61. The maximum atomic E-state index is 13.6. The molecule has 248 valence electrons. The number of para-hydroxylation sites is 1. The normalized spacial score (nSPS) is 11.0. The van der Waals surface area contributed by atoms with Crippen LogP contribution in [0.5, 0.6) is 5.75 Å². The van der Waals surface area contributed by atoms with Gasteiger partial charge in [-0.1, -0.05) is 36.9 Å². The number of hydrogen-bond acceptors (Lipinski definition) is 8. The van der Waals surface area contributed by atoms with E-state index in [0.717, 1.165) is 34.3 Å². The Morgan fingerprint density at radius 2 is 1.79 bits per heavy atom. The predicted molar refractivity (Wildman–Crippen MR) is 188 cm³/mol. The number of nitrogens with zero attached hydrogens (tertiary/aromatic N) is 5. The van der Waals surface area contributed by atoms with Gasteiger partial charge in [-0.15, -0.1) is 0 Å². The molecule has 2 aromatic heterocycles. The second-order valence-electron chi connectivity index (χ2n) is 11.5. The number of nitrogens with one attached hydrogen (secondary N) is 3. The van der Waals surface area contributed by atoms with Crippen LogP contribution in [0.15, 0.2) is 85.7 Å². The van der Waals surface area contributed by atoms with Gasteiger partial charge in [0.2, 0.25) is 11.9 Å². The Bertz CT molecular complexity index is 1960. The molecule has 0 saturated carbocycles. The van der Waals surface area contributed by atoms with Crippen LogP contribution >= 0.6 is 0 Å². The summed E-state index contributed by atoms with van der Waals surface area (Å²) in [6.45, 7) is 5.28. The Balaban J connectivity index is 1.55. The van der Waals surface area contributed by atoms with E-state index in [0.29, 0.717) is 29.4 Å². The average Bonchev–Trinajstić information content (AvgIpc) is 3.42. The number of hydrogen-bond donors (Lipinski definition) is 3. The maximum absolute atomic E-state index is 13.6. The number of carbonyl (C=O) groups is 2. The lowest BCUT2D eigenvalue weighted by Gasteiger charge is -2.26. The second-order valence-corrected chi connectivity index (χ2v) is 11.5. The lowest BCUT2D eigenvalue weighted by molar-refractivity contribution is -0.111.